The van der Waals surface area contributed by atoms with Crippen LogP contribution in [0.1, 0.15) is 43.5 Å². The topological polar surface area (TPSA) is 50.3 Å². The average Bonchev–Trinajstić information content (AvgIpc) is 2.83. The molecule has 1 aliphatic carbocycles. The number of fused-ring (bicyclic) bond motifs is 1. The van der Waals surface area contributed by atoms with Crippen LogP contribution < -0.4 is 4.74 Å². The van der Waals surface area contributed by atoms with Crippen LogP contribution in [0.5, 0.6) is 5.75 Å². The van der Waals surface area contributed by atoms with Crippen LogP contribution in [0.4, 0.5) is 0 Å². The van der Waals surface area contributed by atoms with Gasteiger partial charge in [0.1, 0.15) is 0 Å². The number of nitrogens with zero attached hydrogens (tertiary/aromatic N) is 3. The third kappa shape index (κ3) is 2.87. The number of ether oxygens (including phenoxy) is 1. The van der Waals surface area contributed by atoms with Crippen LogP contribution in [-0.4, -0.2) is 16.0 Å². The lowest BCUT2D eigenvalue weighted by Crippen LogP contribution is -2.15. The minimum Gasteiger partial charge on any atom is -0.489 e. The summed E-state index contributed by atoms with van der Waals surface area (Å²) in [5.74, 6) is 1.50. The van der Waals surface area contributed by atoms with E-state index in [2.05, 4.69) is 11.1 Å². The van der Waals surface area contributed by atoms with Crippen LogP contribution in [0.15, 0.2) is 18.3 Å². The van der Waals surface area contributed by atoms with Crippen molar-refractivity contribution < 1.29 is 4.74 Å². The van der Waals surface area contributed by atoms with Crippen LogP contribution >= 0.6 is 0 Å². The minimum absolute atomic E-state index is 0.374. The molecular formula is C17H21N3O. The third-order valence-electron chi connectivity index (χ3n) is 4.36. The molecule has 0 unspecified atom stereocenters. The maximum Gasteiger partial charge on any atom is 0.180 e. The zero-order valence-corrected chi connectivity index (χ0v) is 12.5. The quantitative estimate of drug-likeness (QED) is 0.860. The van der Waals surface area contributed by atoms with Crippen molar-refractivity contribution in [3.05, 3.63) is 29.7 Å². The summed E-state index contributed by atoms with van der Waals surface area (Å²) in [5, 5.41) is 8.94. The molecule has 1 fully saturated rings. The first-order valence-corrected chi connectivity index (χ1v) is 7.76. The van der Waals surface area contributed by atoms with Gasteiger partial charge in [-0.05, 0) is 37.8 Å². The van der Waals surface area contributed by atoms with Gasteiger partial charge in [-0.1, -0.05) is 19.3 Å². The molecule has 1 aliphatic rings. The van der Waals surface area contributed by atoms with Crippen molar-refractivity contribution in [1.82, 2.24) is 9.38 Å². The number of hydrogen-bond donors (Lipinski definition) is 0. The van der Waals surface area contributed by atoms with Crippen LogP contribution in [-0.2, 0) is 6.42 Å². The highest BCUT2D eigenvalue weighted by atomic mass is 16.5. The van der Waals surface area contributed by atoms with Crippen molar-refractivity contribution in [2.45, 2.75) is 45.4 Å². The maximum absolute atomic E-state index is 8.94. The zero-order valence-electron chi connectivity index (χ0n) is 12.5. The van der Waals surface area contributed by atoms with Gasteiger partial charge < -0.3 is 4.74 Å². The molecule has 0 N–H and O–H groups in total. The number of imidazole rings is 1. The highest BCUT2D eigenvalue weighted by Gasteiger charge is 2.16. The smallest absolute Gasteiger partial charge is 0.180 e. The Morgan fingerprint density at radius 2 is 2.19 bits per heavy atom. The molecule has 2 aromatic rings. The second-order valence-electron chi connectivity index (χ2n) is 5.86. The van der Waals surface area contributed by atoms with E-state index in [4.69, 9.17) is 10.00 Å². The molecule has 21 heavy (non-hydrogen) atoms. The van der Waals surface area contributed by atoms with E-state index in [0.29, 0.717) is 12.3 Å². The number of hydrogen-bond acceptors (Lipinski definition) is 3. The monoisotopic (exact) mass is 283 g/mol. The van der Waals surface area contributed by atoms with Crippen LogP contribution in [0.25, 0.3) is 5.65 Å². The SMILES string of the molecule is Cc1nc2c(OCC3CCCCC3)cccn2c1CC#N. The Hall–Kier alpha value is -2.02. The van der Waals surface area contributed by atoms with Gasteiger partial charge in [0, 0.05) is 6.20 Å². The number of aromatic nitrogens is 2. The van der Waals surface area contributed by atoms with Gasteiger partial charge in [-0.15, -0.1) is 0 Å². The zero-order chi connectivity index (χ0) is 14.7. The summed E-state index contributed by atoms with van der Waals surface area (Å²) in [6, 6.07) is 6.14. The number of rotatable bonds is 4. The molecule has 0 radical (unpaired) electrons. The molecule has 0 atom stereocenters. The van der Waals surface area contributed by atoms with E-state index >= 15 is 0 Å². The highest BCUT2D eigenvalue weighted by Crippen LogP contribution is 2.27. The fourth-order valence-corrected chi connectivity index (χ4v) is 3.17. The summed E-state index contributed by atoms with van der Waals surface area (Å²) in [4.78, 5) is 4.58. The first-order chi connectivity index (χ1) is 10.3. The summed E-state index contributed by atoms with van der Waals surface area (Å²) in [6.45, 7) is 2.73. The van der Waals surface area contributed by atoms with E-state index in [1.165, 1.54) is 32.1 Å². The predicted octanol–water partition coefficient (Wildman–Crippen LogP) is 3.67. The van der Waals surface area contributed by atoms with Crippen molar-refractivity contribution in [1.29, 1.82) is 5.26 Å². The molecule has 3 rings (SSSR count). The molecule has 0 saturated heterocycles. The number of nitriles is 1. The molecule has 1 saturated carbocycles. The maximum atomic E-state index is 8.94. The van der Waals surface area contributed by atoms with Gasteiger partial charge in [-0.25, -0.2) is 4.98 Å². The molecule has 110 valence electrons. The van der Waals surface area contributed by atoms with Crippen LogP contribution in [0, 0.1) is 24.2 Å². The van der Waals surface area contributed by atoms with Crippen LogP contribution in [0.3, 0.4) is 0 Å². The molecule has 0 bridgehead atoms. The van der Waals surface area contributed by atoms with E-state index in [1.54, 1.807) is 0 Å². The van der Waals surface area contributed by atoms with E-state index in [0.717, 1.165) is 29.4 Å². The van der Waals surface area contributed by atoms with E-state index in [-0.39, 0.29) is 0 Å². The lowest BCUT2D eigenvalue weighted by atomic mass is 9.90. The summed E-state index contributed by atoms with van der Waals surface area (Å²) >= 11 is 0. The van der Waals surface area contributed by atoms with Crippen molar-refractivity contribution >= 4 is 5.65 Å². The van der Waals surface area contributed by atoms with Gasteiger partial charge in [0.05, 0.1) is 30.5 Å². The van der Waals surface area contributed by atoms with Crippen molar-refractivity contribution in [2.75, 3.05) is 6.61 Å². The Balaban J connectivity index is 1.82. The van der Waals surface area contributed by atoms with E-state index < -0.39 is 0 Å². The van der Waals surface area contributed by atoms with Crippen molar-refractivity contribution in [3.8, 4) is 11.8 Å². The van der Waals surface area contributed by atoms with E-state index in [1.807, 2.05) is 29.7 Å². The molecule has 2 heterocycles. The summed E-state index contributed by atoms with van der Waals surface area (Å²) in [7, 11) is 0. The lowest BCUT2D eigenvalue weighted by molar-refractivity contribution is 0.210. The Morgan fingerprint density at radius 3 is 2.95 bits per heavy atom. The normalized spacial score (nSPS) is 16.0. The molecule has 4 heteroatoms. The molecule has 0 spiro atoms. The van der Waals surface area contributed by atoms with Gasteiger partial charge in [0.15, 0.2) is 11.4 Å². The van der Waals surface area contributed by atoms with Gasteiger partial charge >= 0.3 is 0 Å². The fourth-order valence-electron chi connectivity index (χ4n) is 3.17. The fraction of sp³-hybridized carbons (Fsp3) is 0.529. The van der Waals surface area contributed by atoms with Gasteiger partial charge in [0.25, 0.3) is 0 Å². The largest absolute Gasteiger partial charge is 0.489 e. The highest BCUT2D eigenvalue weighted by molar-refractivity contribution is 5.56. The van der Waals surface area contributed by atoms with Crippen LogP contribution in [0.2, 0.25) is 0 Å². The number of aryl methyl sites for hydroxylation is 1. The van der Waals surface area contributed by atoms with Crippen molar-refractivity contribution in [3.63, 3.8) is 0 Å². The molecule has 0 aromatic carbocycles. The van der Waals surface area contributed by atoms with Crippen molar-refractivity contribution in [2.24, 2.45) is 5.92 Å². The summed E-state index contributed by atoms with van der Waals surface area (Å²) in [5.41, 5.74) is 2.69. The minimum atomic E-state index is 0.374. The Kier molecular flexibility index (Phi) is 4.10. The summed E-state index contributed by atoms with van der Waals surface area (Å²) in [6.07, 6.45) is 8.89. The molecule has 2 aromatic heterocycles. The second kappa shape index (κ2) is 6.17. The summed E-state index contributed by atoms with van der Waals surface area (Å²) < 4.78 is 8.02. The van der Waals surface area contributed by atoms with E-state index in [9.17, 15) is 0 Å². The molecule has 0 amide bonds. The Bertz CT molecular complexity index is 662. The standard InChI is InChI=1S/C17H21N3O/c1-13-15(9-10-18)20-11-5-8-16(17(20)19-13)21-12-14-6-3-2-4-7-14/h5,8,11,14H,2-4,6-7,9,12H2,1H3. The first-order valence-electron chi connectivity index (χ1n) is 7.76. The van der Waals surface area contributed by atoms with Gasteiger partial charge in [-0.2, -0.15) is 5.26 Å². The third-order valence-corrected chi connectivity index (χ3v) is 4.36. The Morgan fingerprint density at radius 1 is 1.38 bits per heavy atom. The molecule has 4 nitrogen and oxygen atoms in total. The Labute approximate surface area is 125 Å². The molecule has 0 aliphatic heterocycles. The second-order valence-corrected chi connectivity index (χ2v) is 5.86. The van der Waals surface area contributed by atoms with Gasteiger partial charge in [-0.3, -0.25) is 4.40 Å². The van der Waals surface area contributed by atoms with Gasteiger partial charge in [0.2, 0.25) is 0 Å². The predicted molar refractivity (Wildman–Crippen MR) is 81.3 cm³/mol. The number of pyridine rings is 1. The first kappa shape index (κ1) is 13.9. The lowest BCUT2D eigenvalue weighted by Gasteiger charge is -2.21. The molecular weight excluding hydrogens is 262 g/mol. The average molecular weight is 283 g/mol.